The second kappa shape index (κ2) is 26.4. The maximum absolute atomic E-state index is 12.8. The van der Waals surface area contributed by atoms with Crippen molar-refractivity contribution in [2.75, 3.05) is 26.4 Å². The van der Waals surface area contributed by atoms with Crippen molar-refractivity contribution in [3.63, 3.8) is 0 Å². The summed E-state index contributed by atoms with van der Waals surface area (Å²) in [5.74, 6) is -0.620. The highest BCUT2D eigenvalue weighted by atomic mass is 16.5. The molecule has 49 heavy (non-hydrogen) atoms. The molecular formula is C39H58O10. The van der Waals surface area contributed by atoms with E-state index >= 15 is 0 Å². The van der Waals surface area contributed by atoms with E-state index in [0.29, 0.717) is 50.8 Å². The van der Waals surface area contributed by atoms with Gasteiger partial charge in [-0.3, -0.25) is 9.59 Å². The van der Waals surface area contributed by atoms with E-state index in [-0.39, 0.29) is 42.0 Å². The van der Waals surface area contributed by atoms with Gasteiger partial charge >= 0.3 is 23.9 Å². The standard InChI is InChI=1S/C39H58O10/c1-4-16-32(44-27-11-7-9-13-29-46-36(40)5-2)17-15-18-38(42)48-34-23-25-35(26-24-34)49-39(43)31-19-21-33(22-20-31)45-28-12-8-10-14-30-47-37(41)6-3/h5-6,23-26,31-33H,2-4,7-22,27-30H2,1H3. The first-order valence-corrected chi connectivity index (χ1v) is 18.2. The number of ether oxygens (including phenoxy) is 6. The molecule has 1 unspecified atom stereocenters. The fourth-order valence-corrected chi connectivity index (χ4v) is 5.61. The van der Waals surface area contributed by atoms with Crippen molar-refractivity contribution in [3.8, 4) is 11.5 Å². The van der Waals surface area contributed by atoms with Crippen molar-refractivity contribution < 1.29 is 47.6 Å². The molecule has 0 radical (unpaired) electrons. The van der Waals surface area contributed by atoms with E-state index in [1.807, 2.05) is 0 Å². The molecule has 0 heterocycles. The summed E-state index contributed by atoms with van der Waals surface area (Å²) in [6.45, 7) is 11.1. The molecule has 274 valence electrons. The molecule has 10 heteroatoms. The first-order chi connectivity index (χ1) is 23.8. The summed E-state index contributed by atoms with van der Waals surface area (Å²) in [5.41, 5.74) is 0. The average Bonchev–Trinajstić information content (AvgIpc) is 3.11. The van der Waals surface area contributed by atoms with Crippen LogP contribution >= 0.6 is 0 Å². The molecule has 0 saturated heterocycles. The van der Waals surface area contributed by atoms with E-state index in [0.717, 1.165) is 96.3 Å². The summed E-state index contributed by atoms with van der Waals surface area (Å²) < 4.78 is 33.1. The van der Waals surface area contributed by atoms with Crippen LogP contribution in [0.3, 0.4) is 0 Å². The predicted molar refractivity (Wildman–Crippen MR) is 187 cm³/mol. The summed E-state index contributed by atoms with van der Waals surface area (Å²) in [6, 6.07) is 6.59. The lowest BCUT2D eigenvalue weighted by molar-refractivity contribution is -0.141. The van der Waals surface area contributed by atoms with Crippen LogP contribution in [0.15, 0.2) is 49.6 Å². The second-order valence-electron chi connectivity index (χ2n) is 12.5. The third-order valence-electron chi connectivity index (χ3n) is 8.41. The number of carbonyl (C=O) groups excluding carboxylic acids is 4. The molecule has 0 aromatic heterocycles. The highest BCUT2D eigenvalue weighted by molar-refractivity contribution is 5.81. The van der Waals surface area contributed by atoms with Crippen LogP contribution in [0, 0.1) is 5.92 Å². The van der Waals surface area contributed by atoms with Crippen molar-refractivity contribution in [1.82, 2.24) is 0 Å². The summed E-state index contributed by atoms with van der Waals surface area (Å²) in [5, 5.41) is 0. The summed E-state index contributed by atoms with van der Waals surface area (Å²) >= 11 is 0. The smallest absolute Gasteiger partial charge is 0.330 e. The molecule has 0 aliphatic heterocycles. The van der Waals surface area contributed by atoms with Gasteiger partial charge in [-0.2, -0.15) is 0 Å². The quantitative estimate of drug-likeness (QED) is 0.0389. The van der Waals surface area contributed by atoms with E-state index in [2.05, 4.69) is 20.1 Å². The minimum atomic E-state index is -0.384. The molecule has 0 N–H and O–H groups in total. The number of unbranched alkanes of at least 4 members (excludes halogenated alkanes) is 6. The lowest BCUT2D eigenvalue weighted by Crippen LogP contribution is -2.29. The van der Waals surface area contributed by atoms with Gasteiger partial charge in [0, 0.05) is 31.8 Å². The van der Waals surface area contributed by atoms with Crippen molar-refractivity contribution in [2.24, 2.45) is 5.92 Å². The normalized spacial score (nSPS) is 16.3. The molecule has 0 amide bonds. The molecule has 10 nitrogen and oxygen atoms in total. The highest BCUT2D eigenvalue weighted by Gasteiger charge is 2.28. The van der Waals surface area contributed by atoms with Gasteiger partial charge in [-0.25, -0.2) is 9.59 Å². The van der Waals surface area contributed by atoms with E-state index in [4.69, 9.17) is 28.4 Å². The second-order valence-corrected chi connectivity index (χ2v) is 12.5. The molecule has 0 bridgehead atoms. The van der Waals surface area contributed by atoms with Crippen LogP contribution in [-0.2, 0) is 38.1 Å². The third-order valence-corrected chi connectivity index (χ3v) is 8.41. The number of hydrogen-bond acceptors (Lipinski definition) is 10. The van der Waals surface area contributed by atoms with Crippen LogP contribution in [0.2, 0.25) is 0 Å². The third kappa shape index (κ3) is 19.9. The molecule has 2 rings (SSSR count). The Kier molecular flexibility index (Phi) is 22.4. The van der Waals surface area contributed by atoms with Gasteiger partial charge in [0.15, 0.2) is 0 Å². The Bertz CT molecular complexity index is 1110. The fourth-order valence-electron chi connectivity index (χ4n) is 5.61. The largest absolute Gasteiger partial charge is 0.463 e. The van der Waals surface area contributed by atoms with Crippen LogP contribution in [0.1, 0.15) is 116 Å². The fraction of sp³-hybridized carbons (Fsp3) is 0.641. The highest BCUT2D eigenvalue weighted by Crippen LogP contribution is 2.29. The number of rotatable bonds is 27. The van der Waals surface area contributed by atoms with E-state index in [9.17, 15) is 19.2 Å². The van der Waals surface area contributed by atoms with Gasteiger partial charge in [0.1, 0.15) is 11.5 Å². The first-order valence-electron chi connectivity index (χ1n) is 18.2. The van der Waals surface area contributed by atoms with Crippen molar-refractivity contribution in [1.29, 1.82) is 0 Å². The molecule has 1 saturated carbocycles. The van der Waals surface area contributed by atoms with Crippen LogP contribution in [0.5, 0.6) is 11.5 Å². The summed E-state index contributed by atoms with van der Waals surface area (Å²) in [4.78, 5) is 47.3. The zero-order valence-electron chi connectivity index (χ0n) is 29.5. The van der Waals surface area contributed by atoms with Crippen molar-refractivity contribution in [2.45, 2.75) is 128 Å². The molecule has 1 fully saturated rings. The topological polar surface area (TPSA) is 124 Å². The van der Waals surface area contributed by atoms with Crippen LogP contribution in [0.4, 0.5) is 0 Å². The Morgan fingerprint density at radius 1 is 0.694 bits per heavy atom. The minimum Gasteiger partial charge on any atom is -0.463 e. The Morgan fingerprint density at radius 2 is 1.22 bits per heavy atom. The maximum Gasteiger partial charge on any atom is 0.330 e. The summed E-state index contributed by atoms with van der Waals surface area (Å²) in [7, 11) is 0. The molecule has 1 aromatic carbocycles. The lowest BCUT2D eigenvalue weighted by Gasteiger charge is -2.27. The van der Waals surface area contributed by atoms with Gasteiger partial charge in [-0.15, -0.1) is 0 Å². The molecule has 0 spiro atoms. The first kappa shape index (κ1) is 41.7. The Labute approximate surface area is 292 Å². The lowest BCUT2D eigenvalue weighted by atomic mass is 9.87. The van der Waals surface area contributed by atoms with Crippen molar-refractivity contribution >= 4 is 23.9 Å². The number of hydrogen-bond donors (Lipinski definition) is 0. The molecule has 1 aliphatic carbocycles. The number of esters is 4. The molecular weight excluding hydrogens is 628 g/mol. The Balaban J connectivity index is 1.55. The van der Waals surface area contributed by atoms with Gasteiger partial charge in [0.25, 0.3) is 0 Å². The van der Waals surface area contributed by atoms with Crippen LogP contribution in [-0.4, -0.2) is 62.5 Å². The van der Waals surface area contributed by atoms with Crippen LogP contribution in [0.25, 0.3) is 0 Å². The number of benzene rings is 1. The zero-order valence-corrected chi connectivity index (χ0v) is 29.5. The van der Waals surface area contributed by atoms with E-state index in [1.54, 1.807) is 24.3 Å². The molecule has 1 aliphatic rings. The van der Waals surface area contributed by atoms with Gasteiger partial charge in [0.05, 0.1) is 31.3 Å². The van der Waals surface area contributed by atoms with Gasteiger partial charge in [-0.1, -0.05) is 39.3 Å². The van der Waals surface area contributed by atoms with Gasteiger partial charge in [-0.05, 0) is 108 Å². The Morgan fingerprint density at radius 3 is 1.78 bits per heavy atom. The van der Waals surface area contributed by atoms with Crippen molar-refractivity contribution in [3.05, 3.63) is 49.6 Å². The SMILES string of the molecule is C=CC(=O)OCCCCCCOC(CCC)CCCC(=O)Oc1ccc(OC(=O)C2CCC(OCCCCCCOC(=O)C=C)CC2)cc1. The zero-order chi connectivity index (χ0) is 35.5. The monoisotopic (exact) mass is 686 g/mol. The van der Waals surface area contributed by atoms with E-state index < -0.39 is 0 Å². The maximum atomic E-state index is 12.8. The molecule has 1 atom stereocenters. The van der Waals surface area contributed by atoms with E-state index in [1.165, 1.54) is 12.2 Å². The van der Waals surface area contributed by atoms with Gasteiger partial charge < -0.3 is 28.4 Å². The average molecular weight is 687 g/mol. The Hall–Kier alpha value is -3.50. The van der Waals surface area contributed by atoms with Gasteiger partial charge in [0.2, 0.25) is 0 Å². The number of carbonyl (C=O) groups is 4. The minimum absolute atomic E-state index is 0.118. The molecule has 1 aromatic rings. The van der Waals surface area contributed by atoms with Crippen LogP contribution < -0.4 is 9.47 Å². The predicted octanol–water partition coefficient (Wildman–Crippen LogP) is 8.01. The summed E-state index contributed by atoms with van der Waals surface area (Å²) in [6.07, 6.45) is 17.0.